The molecule has 214 valence electrons. The minimum atomic E-state index is -4.97. The van der Waals surface area contributed by atoms with Gasteiger partial charge in [-0.3, -0.25) is 0 Å². The van der Waals surface area contributed by atoms with E-state index < -0.39 is 29.7 Å². The number of rotatable bonds is 7. The molecule has 1 N–H and O–H groups in total. The number of hydrogen-bond donors (Lipinski definition) is 1. The molecule has 0 saturated heterocycles. The number of carboxylic acid groups (broad SMARTS) is 1. The molecule has 5 rings (SSSR count). The topological polar surface area (TPSA) is 86.5 Å². The zero-order chi connectivity index (χ0) is 29.2. The molecule has 7 nitrogen and oxygen atoms in total. The summed E-state index contributed by atoms with van der Waals surface area (Å²) in [6.45, 7) is 0.187. The van der Waals surface area contributed by atoms with Gasteiger partial charge in [-0.1, -0.05) is 42.5 Å². The van der Waals surface area contributed by atoms with E-state index >= 15 is 0 Å². The number of halogens is 5. The third-order valence-corrected chi connectivity index (χ3v) is 6.88. The van der Waals surface area contributed by atoms with E-state index in [1.54, 1.807) is 30.3 Å². The smallest absolute Gasteiger partial charge is 0.488 e. The Balaban J connectivity index is 1.35. The van der Waals surface area contributed by atoms with Crippen LogP contribution in [-0.4, -0.2) is 31.9 Å². The zero-order valence-corrected chi connectivity index (χ0v) is 21.4. The number of nitrogens with zero attached hydrogens (tertiary/aromatic N) is 3. The first-order valence-corrected chi connectivity index (χ1v) is 12.7. The molecule has 1 aliphatic rings. The highest BCUT2D eigenvalue weighted by atomic mass is 19.4. The van der Waals surface area contributed by atoms with Gasteiger partial charge in [0.05, 0.1) is 11.9 Å². The lowest BCUT2D eigenvalue weighted by Crippen LogP contribution is -2.23. The maximum absolute atomic E-state index is 13.8. The highest BCUT2D eigenvalue weighted by molar-refractivity contribution is 5.68. The van der Waals surface area contributed by atoms with Gasteiger partial charge in [-0.05, 0) is 54.2 Å². The molecular formula is C29H24F5N3O4. The fourth-order valence-corrected chi connectivity index (χ4v) is 4.85. The largest absolute Gasteiger partial charge is 0.511 e. The average Bonchev–Trinajstić information content (AvgIpc) is 3.36. The molecule has 1 fully saturated rings. The maximum Gasteiger partial charge on any atom is 0.511 e. The molecule has 2 heterocycles. The Morgan fingerprint density at radius 3 is 2.37 bits per heavy atom. The minimum Gasteiger partial charge on any atom is -0.488 e. The van der Waals surface area contributed by atoms with Crippen LogP contribution in [0.1, 0.15) is 48.4 Å². The van der Waals surface area contributed by atoms with E-state index in [0.29, 0.717) is 40.7 Å². The summed E-state index contributed by atoms with van der Waals surface area (Å²) < 4.78 is 79.1. The Bertz CT molecular complexity index is 1530. The average molecular weight is 574 g/mol. The van der Waals surface area contributed by atoms with Crippen LogP contribution in [-0.2, 0) is 12.8 Å². The summed E-state index contributed by atoms with van der Waals surface area (Å²) in [6, 6.07) is 18.9. The summed E-state index contributed by atoms with van der Waals surface area (Å²) in [7, 11) is 0. The van der Waals surface area contributed by atoms with Gasteiger partial charge >= 0.3 is 12.3 Å². The van der Waals surface area contributed by atoms with Crippen LogP contribution in [0.2, 0.25) is 0 Å². The van der Waals surface area contributed by atoms with Gasteiger partial charge in [-0.15, -0.1) is 0 Å². The molecule has 0 radical (unpaired) electrons. The lowest BCUT2D eigenvalue weighted by molar-refractivity contribution is -0.143. The van der Waals surface area contributed by atoms with Gasteiger partial charge in [0.1, 0.15) is 12.4 Å². The number of ether oxygens (including phenoxy) is 2. The number of pyridine rings is 1. The molecule has 4 aromatic rings. The van der Waals surface area contributed by atoms with Crippen molar-refractivity contribution in [2.45, 2.75) is 50.3 Å². The Morgan fingerprint density at radius 1 is 0.976 bits per heavy atom. The predicted octanol–water partition coefficient (Wildman–Crippen LogP) is 7.88. The maximum atomic E-state index is 13.8. The highest BCUT2D eigenvalue weighted by Gasteiger charge is 2.41. The van der Waals surface area contributed by atoms with Crippen LogP contribution in [0, 0.1) is 0 Å². The van der Waals surface area contributed by atoms with Gasteiger partial charge in [-0.25, -0.2) is 23.2 Å². The van der Waals surface area contributed by atoms with Crippen molar-refractivity contribution < 1.29 is 41.3 Å². The first-order valence-electron chi connectivity index (χ1n) is 12.7. The van der Waals surface area contributed by atoms with E-state index in [4.69, 9.17) is 9.84 Å². The van der Waals surface area contributed by atoms with Crippen LogP contribution in [0.3, 0.4) is 0 Å². The molecule has 0 atom stereocenters. The molecule has 0 unspecified atom stereocenters. The lowest BCUT2D eigenvalue weighted by Gasteiger charge is -2.28. The SMILES string of the molecule is O=C(O)Oc1cnn(-c2cccc(-c3ccccc3OCc3ccc(C4CCC(F)(F)CC4)cc3)n2)c1C(F)(F)F. The Hall–Kier alpha value is -4.48. The zero-order valence-electron chi connectivity index (χ0n) is 21.4. The summed E-state index contributed by atoms with van der Waals surface area (Å²) in [4.78, 5) is 15.2. The molecule has 0 bridgehead atoms. The summed E-state index contributed by atoms with van der Waals surface area (Å²) in [5.74, 6) is -3.22. The second-order valence-corrected chi connectivity index (χ2v) is 9.67. The summed E-state index contributed by atoms with van der Waals surface area (Å²) in [5.41, 5.74) is 1.26. The number of carbonyl (C=O) groups is 1. The van der Waals surface area contributed by atoms with Crippen molar-refractivity contribution in [3.63, 3.8) is 0 Å². The van der Waals surface area contributed by atoms with E-state index in [-0.39, 0.29) is 31.2 Å². The number of alkyl halides is 5. The third-order valence-electron chi connectivity index (χ3n) is 6.88. The summed E-state index contributed by atoms with van der Waals surface area (Å²) in [5, 5.41) is 12.5. The molecule has 1 aliphatic carbocycles. The number of para-hydroxylation sites is 1. The lowest BCUT2D eigenvalue weighted by atomic mass is 9.82. The van der Waals surface area contributed by atoms with Gasteiger partial charge in [0.2, 0.25) is 5.92 Å². The van der Waals surface area contributed by atoms with E-state index in [1.165, 1.54) is 12.1 Å². The monoisotopic (exact) mass is 573 g/mol. The second-order valence-electron chi connectivity index (χ2n) is 9.67. The third kappa shape index (κ3) is 6.47. The molecule has 2 aromatic heterocycles. The van der Waals surface area contributed by atoms with E-state index in [2.05, 4.69) is 14.8 Å². The molecule has 1 saturated carbocycles. The summed E-state index contributed by atoms with van der Waals surface area (Å²) >= 11 is 0. The molecule has 0 amide bonds. The van der Waals surface area contributed by atoms with E-state index in [9.17, 15) is 26.7 Å². The van der Waals surface area contributed by atoms with Crippen molar-refractivity contribution in [2.75, 3.05) is 0 Å². The predicted molar refractivity (Wildman–Crippen MR) is 137 cm³/mol. The normalized spacial score (nSPS) is 15.4. The van der Waals surface area contributed by atoms with Crippen LogP contribution in [0.15, 0.2) is 72.9 Å². The minimum absolute atomic E-state index is 0.100. The van der Waals surface area contributed by atoms with E-state index in [0.717, 1.165) is 11.1 Å². The molecule has 41 heavy (non-hydrogen) atoms. The molecule has 0 aliphatic heterocycles. The van der Waals surface area contributed by atoms with Crippen molar-refractivity contribution in [1.82, 2.24) is 14.8 Å². The molecule has 0 spiro atoms. The quantitative estimate of drug-likeness (QED) is 0.179. The number of aromatic nitrogens is 3. The first kappa shape index (κ1) is 28.1. The van der Waals surface area contributed by atoms with Crippen LogP contribution in [0.5, 0.6) is 11.5 Å². The van der Waals surface area contributed by atoms with Crippen LogP contribution in [0.25, 0.3) is 17.1 Å². The van der Waals surface area contributed by atoms with Crippen molar-refractivity contribution >= 4 is 6.16 Å². The summed E-state index contributed by atoms with van der Waals surface area (Å²) in [6.07, 6.45) is -5.54. The Labute approximate surface area is 231 Å². The number of benzene rings is 2. The Morgan fingerprint density at radius 2 is 1.68 bits per heavy atom. The van der Waals surface area contributed by atoms with Crippen LogP contribution in [0.4, 0.5) is 26.7 Å². The van der Waals surface area contributed by atoms with Gasteiger partial charge in [0.15, 0.2) is 17.3 Å². The highest BCUT2D eigenvalue weighted by Crippen LogP contribution is 2.41. The van der Waals surface area contributed by atoms with Gasteiger partial charge in [0, 0.05) is 18.4 Å². The van der Waals surface area contributed by atoms with Crippen molar-refractivity contribution in [3.05, 3.63) is 89.7 Å². The van der Waals surface area contributed by atoms with Crippen LogP contribution < -0.4 is 9.47 Å². The van der Waals surface area contributed by atoms with E-state index in [1.807, 2.05) is 24.3 Å². The molecule has 2 aromatic carbocycles. The fourth-order valence-electron chi connectivity index (χ4n) is 4.85. The Kier molecular flexibility index (Phi) is 7.65. The standard InChI is InChI=1S/C29H24F5N3O4/c30-28(31)14-12-20(13-15-28)19-10-8-18(9-11-19)17-40-23-6-2-1-4-21(23)22-5-3-7-25(36-22)37-26(29(32,33)34)24(16-35-37)41-27(38)39/h1-11,16,20H,12-15,17H2,(H,38,39). The van der Waals surface area contributed by atoms with Crippen molar-refractivity contribution in [2.24, 2.45) is 0 Å². The van der Waals surface area contributed by atoms with Gasteiger partial charge in [-0.2, -0.15) is 18.3 Å². The molecule has 12 heteroatoms. The second kappa shape index (κ2) is 11.2. The van der Waals surface area contributed by atoms with Crippen LogP contribution >= 0.6 is 0 Å². The molecular weight excluding hydrogens is 549 g/mol. The van der Waals surface area contributed by atoms with Gasteiger partial charge < -0.3 is 14.6 Å². The van der Waals surface area contributed by atoms with Crippen molar-refractivity contribution in [1.29, 1.82) is 0 Å². The first-order chi connectivity index (χ1) is 19.5. The fraction of sp³-hybridized carbons (Fsp3) is 0.276. The van der Waals surface area contributed by atoms with Crippen molar-refractivity contribution in [3.8, 4) is 28.6 Å². The number of hydrogen-bond acceptors (Lipinski definition) is 5. The van der Waals surface area contributed by atoms with Gasteiger partial charge in [0.25, 0.3) is 0 Å².